The number of rotatable bonds is 5. The van der Waals surface area contributed by atoms with Gasteiger partial charge in [-0.3, -0.25) is 4.79 Å². The molecule has 126 valence electrons. The van der Waals surface area contributed by atoms with E-state index in [4.69, 9.17) is 11.6 Å². The molecule has 0 amide bonds. The van der Waals surface area contributed by atoms with E-state index in [2.05, 4.69) is 15.5 Å². The van der Waals surface area contributed by atoms with Crippen LogP contribution in [-0.2, 0) is 0 Å². The largest absolute Gasteiger partial charge is 0.383 e. The predicted molar refractivity (Wildman–Crippen MR) is 96.6 cm³/mol. The van der Waals surface area contributed by atoms with Crippen molar-refractivity contribution in [3.8, 4) is 5.69 Å². The highest BCUT2D eigenvalue weighted by Gasteiger charge is 2.22. The van der Waals surface area contributed by atoms with Crippen LogP contribution >= 0.6 is 11.6 Å². The van der Waals surface area contributed by atoms with Crippen molar-refractivity contribution in [3.05, 3.63) is 77.2 Å². The van der Waals surface area contributed by atoms with E-state index >= 15 is 0 Å². The third-order valence-corrected chi connectivity index (χ3v) is 3.70. The summed E-state index contributed by atoms with van der Waals surface area (Å²) in [4.78, 5) is 14.8. The molecule has 0 aliphatic rings. The summed E-state index contributed by atoms with van der Waals surface area (Å²) in [6, 6.07) is 16.2. The summed E-state index contributed by atoms with van der Waals surface area (Å²) < 4.78 is 1.54. The number of benzene rings is 2. The lowest BCUT2D eigenvalue weighted by atomic mass is 10.0. The van der Waals surface area contributed by atoms with Gasteiger partial charge in [-0.2, -0.15) is 4.68 Å². The van der Waals surface area contributed by atoms with Crippen LogP contribution in [0.3, 0.4) is 0 Å². The lowest BCUT2D eigenvalue weighted by molar-refractivity contribution is 0.105. The van der Waals surface area contributed by atoms with Crippen molar-refractivity contribution in [1.82, 2.24) is 25.1 Å². The number of para-hydroxylation sites is 1. The van der Waals surface area contributed by atoms with Gasteiger partial charge in [0, 0.05) is 30.9 Å². The molecule has 6 nitrogen and oxygen atoms in total. The maximum atomic E-state index is 13.0. The Bertz CT molecular complexity index is 901. The summed E-state index contributed by atoms with van der Waals surface area (Å²) in [7, 11) is 3.68. The Morgan fingerprint density at radius 1 is 1.08 bits per heavy atom. The van der Waals surface area contributed by atoms with E-state index in [9.17, 15) is 4.79 Å². The van der Waals surface area contributed by atoms with Gasteiger partial charge in [0.05, 0.1) is 11.3 Å². The van der Waals surface area contributed by atoms with Crippen molar-refractivity contribution in [3.63, 3.8) is 0 Å². The Kier molecular flexibility index (Phi) is 4.90. The molecule has 0 spiro atoms. The number of carbonyl (C=O) groups is 1. The second-order valence-corrected chi connectivity index (χ2v) is 6.03. The molecule has 1 aromatic heterocycles. The molecular formula is C18H16ClN5O. The van der Waals surface area contributed by atoms with Crippen molar-refractivity contribution in [2.75, 3.05) is 14.1 Å². The molecule has 0 aliphatic heterocycles. The van der Waals surface area contributed by atoms with Gasteiger partial charge in [0.15, 0.2) is 11.6 Å². The third kappa shape index (κ3) is 3.75. The molecule has 25 heavy (non-hydrogen) atoms. The van der Waals surface area contributed by atoms with Gasteiger partial charge in [0.2, 0.25) is 0 Å². The van der Waals surface area contributed by atoms with Gasteiger partial charge in [0.25, 0.3) is 0 Å². The minimum atomic E-state index is -0.183. The first-order valence-electron chi connectivity index (χ1n) is 7.59. The zero-order valence-electron chi connectivity index (χ0n) is 13.8. The molecule has 0 saturated carbocycles. The molecule has 1 heterocycles. The first kappa shape index (κ1) is 16.9. The molecule has 0 unspecified atom stereocenters. The number of halogens is 1. The second kappa shape index (κ2) is 7.27. The number of hydrogen-bond acceptors (Lipinski definition) is 5. The fourth-order valence-electron chi connectivity index (χ4n) is 2.33. The lowest BCUT2D eigenvalue weighted by Crippen LogP contribution is -2.13. The van der Waals surface area contributed by atoms with E-state index in [-0.39, 0.29) is 5.78 Å². The van der Waals surface area contributed by atoms with Gasteiger partial charge in [-0.05, 0) is 46.8 Å². The number of ketones is 1. The van der Waals surface area contributed by atoms with Crippen molar-refractivity contribution in [2.45, 2.75) is 0 Å². The Morgan fingerprint density at radius 3 is 2.40 bits per heavy atom. The molecule has 0 radical (unpaired) electrons. The summed E-state index contributed by atoms with van der Waals surface area (Å²) in [5.41, 5.74) is 1.68. The monoisotopic (exact) mass is 353 g/mol. The van der Waals surface area contributed by atoms with Crippen molar-refractivity contribution in [1.29, 1.82) is 0 Å². The SMILES string of the molecule is CN(C)C=C(C(=O)c1ccc(Cl)cc1)c1nnnn1-c1ccccc1. The number of allylic oxidation sites excluding steroid dienone is 1. The topological polar surface area (TPSA) is 63.9 Å². The Morgan fingerprint density at radius 2 is 1.76 bits per heavy atom. The molecule has 3 aromatic rings. The van der Waals surface area contributed by atoms with Crippen LogP contribution in [0, 0.1) is 0 Å². The maximum absolute atomic E-state index is 13.0. The smallest absolute Gasteiger partial charge is 0.198 e. The highest BCUT2D eigenvalue weighted by molar-refractivity contribution is 6.31. The number of hydrogen-bond donors (Lipinski definition) is 0. The molecule has 2 aromatic carbocycles. The van der Waals surface area contributed by atoms with Crippen LogP contribution in [0.5, 0.6) is 0 Å². The molecule has 0 N–H and O–H groups in total. The summed E-state index contributed by atoms with van der Waals surface area (Å²) >= 11 is 5.91. The molecule has 0 fully saturated rings. The molecule has 3 rings (SSSR count). The average Bonchev–Trinajstić information content (AvgIpc) is 3.10. The first-order valence-corrected chi connectivity index (χ1v) is 7.97. The normalized spacial score (nSPS) is 11.4. The van der Waals surface area contributed by atoms with Gasteiger partial charge < -0.3 is 4.90 Å². The zero-order valence-corrected chi connectivity index (χ0v) is 14.6. The fourth-order valence-corrected chi connectivity index (χ4v) is 2.46. The third-order valence-electron chi connectivity index (χ3n) is 3.45. The number of carbonyl (C=O) groups excluding carboxylic acids is 1. The van der Waals surface area contributed by atoms with E-state index in [1.54, 1.807) is 40.0 Å². The molecule has 7 heteroatoms. The standard InChI is InChI=1S/C18H16ClN5O/c1-23(2)12-16(17(25)13-8-10-14(19)11-9-13)18-20-21-22-24(18)15-6-4-3-5-7-15/h3-12H,1-2H3. The minimum Gasteiger partial charge on any atom is -0.383 e. The Hall–Kier alpha value is -2.99. The van der Waals surface area contributed by atoms with E-state index < -0.39 is 0 Å². The van der Waals surface area contributed by atoms with Crippen LogP contribution in [-0.4, -0.2) is 45.0 Å². The number of nitrogens with zero attached hydrogens (tertiary/aromatic N) is 5. The molecule has 0 bridgehead atoms. The fraction of sp³-hybridized carbons (Fsp3) is 0.111. The van der Waals surface area contributed by atoms with Gasteiger partial charge in [0.1, 0.15) is 0 Å². The highest BCUT2D eigenvalue weighted by Crippen LogP contribution is 2.21. The van der Waals surface area contributed by atoms with E-state index in [0.29, 0.717) is 22.0 Å². The van der Waals surface area contributed by atoms with Gasteiger partial charge >= 0.3 is 0 Å². The van der Waals surface area contributed by atoms with Crippen LogP contribution in [0.15, 0.2) is 60.8 Å². The van der Waals surface area contributed by atoms with Crippen LogP contribution < -0.4 is 0 Å². The molecule has 0 aliphatic carbocycles. The highest BCUT2D eigenvalue weighted by atomic mass is 35.5. The van der Waals surface area contributed by atoms with Gasteiger partial charge in [-0.15, -0.1) is 5.10 Å². The summed E-state index contributed by atoms with van der Waals surface area (Å²) in [5.74, 6) is 0.192. The van der Waals surface area contributed by atoms with Crippen molar-refractivity contribution >= 4 is 23.0 Å². The Labute approximate surface area is 150 Å². The van der Waals surface area contributed by atoms with Crippen LogP contribution in [0.1, 0.15) is 16.2 Å². The summed E-state index contributed by atoms with van der Waals surface area (Å²) in [6.45, 7) is 0. The number of aromatic nitrogens is 4. The van der Waals surface area contributed by atoms with E-state index in [1.165, 1.54) is 0 Å². The summed E-state index contributed by atoms with van der Waals surface area (Å²) in [5, 5.41) is 12.4. The molecule has 0 atom stereocenters. The van der Waals surface area contributed by atoms with E-state index in [0.717, 1.165) is 5.69 Å². The van der Waals surface area contributed by atoms with Crippen LogP contribution in [0.2, 0.25) is 5.02 Å². The van der Waals surface area contributed by atoms with Crippen LogP contribution in [0.4, 0.5) is 0 Å². The van der Waals surface area contributed by atoms with E-state index in [1.807, 2.05) is 44.4 Å². The van der Waals surface area contributed by atoms with Gasteiger partial charge in [-0.1, -0.05) is 29.8 Å². The van der Waals surface area contributed by atoms with Crippen molar-refractivity contribution < 1.29 is 4.79 Å². The Balaban J connectivity index is 2.08. The molecule has 0 saturated heterocycles. The second-order valence-electron chi connectivity index (χ2n) is 5.59. The van der Waals surface area contributed by atoms with Crippen LogP contribution in [0.25, 0.3) is 11.3 Å². The first-order chi connectivity index (χ1) is 12.1. The minimum absolute atomic E-state index is 0.183. The average molecular weight is 354 g/mol. The summed E-state index contributed by atoms with van der Waals surface area (Å²) in [6.07, 6.45) is 1.71. The van der Waals surface area contributed by atoms with Crippen molar-refractivity contribution in [2.24, 2.45) is 0 Å². The maximum Gasteiger partial charge on any atom is 0.198 e. The number of tetrazole rings is 1. The quantitative estimate of drug-likeness (QED) is 0.521. The van der Waals surface area contributed by atoms with Gasteiger partial charge in [-0.25, -0.2) is 0 Å². The molecular weight excluding hydrogens is 338 g/mol. The predicted octanol–water partition coefficient (Wildman–Crippen LogP) is 3.10. The lowest BCUT2D eigenvalue weighted by Gasteiger charge is -2.12. The number of Topliss-reactive ketones (excluding diaryl/α,β-unsaturated/α-hetero) is 1. The zero-order chi connectivity index (χ0) is 17.8.